The topological polar surface area (TPSA) is 20.2 Å². The van der Waals surface area contributed by atoms with Gasteiger partial charge >= 0.3 is 0 Å². The Morgan fingerprint density at radius 3 is 1.43 bits per heavy atom. The van der Waals surface area contributed by atoms with Gasteiger partial charge in [-0.3, -0.25) is 0 Å². The molecule has 0 atom stereocenters. The van der Waals surface area contributed by atoms with Gasteiger partial charge < -0.3 is 5.11 Å². The summed E-state index contributed by atoms with van der Waals surface area (Å²) >= 11 is 0. The molecule has 0 saturated carbocycles. The first kappa shape index (κ1) is 13.0. The van der Waals surface area contributed by atoms with Crippen molar-refractivity contribution in [2.24, 2.45) is 11.8 Å². The molecule has 0 fully saturated rings. The molecule has 0 spiro atoms. The van der Waals surface area contributed by atoms with Gasteiger partial charge in [0.2, 0.25) is 0 Å². The fourth-order valence-electron chi connectivity index (χ4n) is 0.545. The van der Waals surface area contributed by atoms with E-state index in [1.807, 2.05) is 19.1 Å². The minimum atomic E-state index is 0.329. The number of rotatable bonds is 1. The Kier molecular flexibility index (Phi) is 6.02. The number of aromatic hydroxyl groups is 1. The molecule has 0 radical (unpaired) electrons. The Morgan fingerprint density at radius 2 is 1.21 bits per heavy atom. The predicted octanol–water partition coefficient (Wildman–Crippen LogP) is 4.00. The van der Waals surface area contributed by atoms with E-state index >= 15 is 0 Å². The van der Waals surface area contributed by atoms with Crippen molar-refractivity contribution in [1.29, 1.82) is 0 Å². The molecule has 0 aromatic heterocycles. The second-order valence-electron chi connectivity index (χ2n) is 4.32. The molecule has 0 saturated heterocycles. The standard InChI is InChI=1S/C7H8O.C6H14/c1-6-2-4-7(8)5-3-6;1-5(2)6(3)4/h2-5,8H,1H3;5-6H,1-4H3. The monoisotopic (exact) mass is 194 g/mol. The smallest absolute Gasteiger partial charge is 0.115 e. The minimum Gasteiger partial charge on any atom is -0.508 e. The molecule has 0 aliphatic carbocycles. The molecule has 0 bridgehead atoms. The maximum atomic E-state index is 8.76. The van der Waals surface area contributed by atoms with E-state index in [-0.39, 0.29) is 0 Å². The third kappa shape index (κ3) is 6.53. The Balaban J connectivity index is 0.000000255. The lowest BCUT2D eigenvalue weighted by atomic mass is 10.0. The summed E-state index contributed by atoms with van der Waals surface area (Å²) in [6.07, 6.45) is 0. The van der Waals surface area contributed by atoms with Gasteiger partial charge in [-0.05, 0) is 30.9 Å². The number of hydrogen-bond donors (Lipinski definition) is 1. The van der Waals surface area contributed by atoms with Crippen LogP contribution in [0.2, 0.25) is 0 Å². The lowest BCUT2D eigenvalue weighted by Gasteiger charge is -2.05. The Hall–Kier alpha value is -0.980. The summed E-state index contributed by atoms with van der Waals surface area (Å²) < 4.78 is 0. The first-order chi connectivity index (χ1) is 6.43. The lowest BCUT2D eigenvalue weighted by molar-refractivity contribution is 0.457. The second-order valence-corrected chi connectivity index (χ2v) is 4.32. The third-order valence-corrected chi connectivity index (χ3v) is 2.37. The zero-order valence-electron chi connectivity index (χ0n) is 9.91. The van der Waals surface area contributed by atoms with Gasteiger partial charge in [-0.15, -0.1) is 0 Å². The normalized spacial score (nSPS) is 9.93. The highest BCUT2D eigenvalue weighted by atomic mass is 16.3. The fraction of sp³-hybridized carbons (Fsp3) is 0.538. The summed E-state index contributed by atoms with van der Waals surface area (Å²) in [6.45, 7) is 10.9. The van der Waals surface area contributed by atoms with Gasteiger partial charge in [0.15, 0.2) is 0 Å². The van der Waals surface area contributed by atoms with Crippen molar-refractivity contribution in [2.45, 2.75) is 34.6 Å². The lowest BCUT2D eigenvalue weighted by Crippen LogP contribution is -1.95. The van der Waals surface area contributed by atoms with Crippen LogP contribution in [0.15, 0.2) is 24.3 Å². The molecule has 0 aliphatic heterocycles. The highest BCUT2D eigenvalue weighted by Gasteiger charge is 1.95. The summed E-state index contributed by atoms with van der Waals surface area (Å²) in [5.41, 5.74) is 1.17. The van der Waals surface area contributed by atoms with E-state index in [1.54, 1.807) is 12.1 Å². The third-order valence-electron chi connectivity index (χ3n) is 2.37. The summed E-state index contributed by atoms with van der Waals surface area (Å²) in [4.78, 5) is 0. The molecule has 0 heterocycles. The number of benzene rings is 1. The number of aryl methyl sites for hydroxylation is 1. The van der Waals surface area contributed by atoms with Gasteiger partial charge in [-0.1, -0.05) is 45.4 Å². The molecule has 0 aliphatic rings. The van der Waals surface area contributed by atoms with E-state index < -0.39 is 0 Å². The molecule has 1 rings (SSSR count). The molecule has 0 unspecified atom stereocenters. The van der Waals surface area contributed by atoms with Crippen molar-refractivity contribution in [2.75, 3.05) is 0 Å². The number of hydrogen-bond acceptors (Lipinski definition) is 1. The molecule has 1 nitrogen and oxygen atoms in total. The van der Waals surface area contributed by atoms with E-state index in [4.69, 9.17) is 5.11 Å². The fourth-order valence-corrected chi connectivity index (χ4v) is 0.545. The molecule has 80 valence electrons. The zero-order valence-corrected chi connectivity index (χ0v) is 9.91. The first-order valence-corrected chi connectivity index (χ1v) is 5.19. The van der Waals surface area contributed by atoms with Crippen LogP contribution >= 0.6 is 0 Å². The molecule has 1 heteroatoms. The molecular weight excluding hydrogens is 172 g/mol. The molecule has 14 heavy (non-hydrogen) atoms. The van der Waals surface area contributed by atoms with Gasteiger partial charge in [-0.2, -0.15) is 0 Å². The van der Waals surface area contributed by atoms with Crippen LogP contribution < -0.4 is 0 Å². The molecule has 1 N–H and O–H groups in total. The molecular formula is C13H22O. The van der Waals surface area contributed by atoms with E-state index in [9.17, 15) is 0 Å². The van der Waals surface area contributed by atoms with Gasteiger partial charge in [0.1, 0.15) is 5.75 Å². The van der Waals surface area contributed by atoms with Crippen molar-refractivity contribution in [3.05, 3.63) is 29.8 Å². The summed E-state index contributed by atoms with van der Waals surface area (Å²) in [5, 5.41) is 8.76. The van der Waals surface area contributed by atoms with E-state index in [2.05, 4.69) is 27.7 Å². The van der Waals surface area contributed by atoms with Crippen LogP contribution in [-0.2, 0) is 0 Å². The van der Waals surface area contributed by atoms with Gasteiger partial charge in [0.05, 0.1) is 0 Å². The highest BCUT2D eigenvalue weighted by Crippen LogP contribution is 2.07. The zero-order chi connectivity index (χ0) is 11.1. The van der Waals surface area contributed by atoms with E-state index in [1.165, 1.54) is 5.56 Å². The summed E-state index contributed by atoms with van der Waals surface area (Å²) in [5.74, 6) is 2.03. The van der Waals surface area contributed by atoms with Crippen LogP contribution in [-0.4, -0.2) is 5.11 Å². The predicted molar refractivity (Wildman–Crippen MR) is 62.5 cm³/mol. The average molecular weight is 194 g/mol. The maximum absolute atomic E-state index is 8.76. The first-order valence-electron chi connectivity index (χ1n) is 5.19. The second kappa shape index (κ2) is 6.47. The van der Waals surface area contributed by atoms with Crippen LogP contribution in [0.1, 0.15) is 33.3 Å². The van der Waals surface area contributed by atoms with Crippen LogP contribution in [0, 0.1) is 18.8 Å². The van der Waals surface area contributed by atoms with E-state index in [0.29, 0.717) is 5.75 Å². The van der Waals surface area contributed by atoms with Gasteiger partial charge in [0, 0.05) is 0 Å². The van der Waals surface area contributed by atoms with Crippen LogP contribution in [0.25, 0.3) is 0 Å². The van der Waals surface area contributed by atoms with E-state index in [0.717, 1.165) is 11.8 Å². The van der Waals surface area contributed by atoms with Gasteiger partial charge in [0.25, 0.3) is 0 Å². The SMILES string of the molecule is CC(C)C(C)C.Cc1ccc(O)cc1. The highest BCUT2D eigenvalue weighted by molar-refractivity contribution is 5.24. The van der Waals surface area contributed by atoms with Crippen LogP contribution in [0.3, 0.4) is 0 Å². The average Bonchev–Trinajstić information content (AvgIpc) is 2.11. The van der Waals surface area contributed by atoms with Crippen LogP contribution in [0.4, 0.5) is 0 Å². The Morgan fingerprint density at radius 1 is 0.857 bits per heavy atom. The van der Waals surface area contributed by atoms with Crippen molar-refractivity contribution in [3.8, 4) is 5.75 Å². The van der Waals surface area contributed by atoms with Crippen molar-refractivity contribution < 1.29 is 5.11 Å². The minimum absolute atomic E-state index is 0.329. The Bertz CT molecular complexity index is 207. The van der Waals surface area contributed by atoms with Crippen molar-refractivity contribution >= 4 is 0 Å². The van der Waals surface area contributed by atoms with Crippen molar-refractivity contribution in [3.63, 3.8) is 0 Å². The molecule has 1 aromatic rings. The largest absolute Gasteiger partial charge is 0.508 e. The van der Waals surface area contributed by atoms with Gasteiger partial charge in [-0.25, -0.2) is 0 Å². The Labute approximate surface area is 87.8 Å². The summed E-state index contributed by atoms with van der Waals surface area (Å²) in [7, 11) is 0. The quantitative estimate of drug-likeness (QED) is 0.716. The summed E-state index contributed by atoms with van der Waals surface area (Å²) in [6, 6.07) is 7.09. The molecule has 0 amide bonds. The van der Waals surface area contributed by atoms with Crippen molar-refractivity contribution in [1.82, 2.24) is 0 Å². The number of phenols is 1. The van der Waals surface area contributed by atoms with Crippen LogP contribution in [0.5, 0.6) is 5.75 Å². The molecule has 1 aromatic carbocycles. The maximum Gasteiger partial charge on any atom is 0.115 e. The number of phenolic OH excluding ortho intramolecular Hbond substituents is 1.